The first-order chi connectivity index (χ1) is 12.7. The van der Waals surface area contributed by atoms with Crippen LogP contribution in [0.1, 0.15) is 17.4 Å². The summed E-state index contributed by atoms with van der Waals surface area (Å²) in [6.45, 7) is 2.56. The molecule has 0 aliphatic heterocycles. The number of carbonyl (C=O) groups is 1. The molecule has 0 radical (unpaired) electrons. The standard InChI is InChI=1S/C19H17ClN4O2/c1-2-26-14-9-7-13(8-10-14)23-18-12-21-17(11-22-18)19(25)24-16-6-4-3-5-15(16)20/h3-12H,2H2,1H3,(H,22,23)(H,24,25). The number of para-hydroxylation sites is 1. The van der Waals surface area contributed by atoms with Gasteiger partial charge in [-0.15, -0.1) is 0 Å². The molecule has 1 amide bonds. The van der Waals surface area contributed by atoms with Crippen molar-refractivity contribution < 1.29 is 9.53 Å². The van der Waals surface area contributed by atoms with Crippen LogP contribution in [0.2, 0.25) is 5.02 Å². The van der Waals surface area contributed by atoms with E-state index in [0.29, 0.717) is 23.1 Å². The van der Waals surface area contributed by atoms with Crippen LogP contribution in [0.3, 0.4) is 0 Å². The minimum absolute atomic E-state index is 0.196. The van der Waals surface area contributed by atoms with Crippen LogP contribution in [0.4, 0.5) is 17.2 Å². The number of rotatable bonds is 6. The Balaban J connectivity index is 1.64. The largest absolute Gasteiger partial charge is 0.494 e. The maximum Gasteiger partial charge on any atom is 0.275 e. The molecule has 0 saturated carbocycles. The van der Waals surface area contributed by atoms with Gasteiger partial charge >= 0.3 is 0 Å². The number of amides is 1. The van der Waals surface area contributed by atoms with Gasteiger partial charge in [-0.1, -0.05) is 23.7 Å². The van der Waals surface area contributed by atoms with Crippen molar-refractivity contribution in [3.05, 3.63) is 71.6 Å². The predicted molar refractivity (Wildman–Crippen MR) is 102 cm³/mol. The zero-order valence-electron chi connectivity index (χ0n) is 14.1. The van der Waals surface area contributed by atoms with E-state index in [1.807, 2.05) is 31.2 Å². The normalized spacial score (nSPS) is 10.2. The van der Waals surface area contributed by atoms with Crippen molar-refractivity contribution >= 4 is 34.7 Å². The first-order valence-electron chi connectivity index (χ1n) is 8.03. The zero-order chi connectivity index (χ0) is 18.4. The molecule has 26 heavy (non-hydrogen) atoms. The van der Waals surface area contributed by atoms with Crippen LogP contribution in [0.5, 0.6) is 5.75 Å². The Labute approximate surface area is 156 Å². The number of ether oxygens (including phenoxy) is 1. The lowest BCUT2D eigenvalue weighted by Crippen LogP contribution is -2.14. The van der Waals surface area contributed by atoms with Gasteiger partial charge in [0, 0.05) is 5.69 Å². The first kappa shape index (κ1) is 17.7. The van der Waals surface area contributed by atoms with Crippen LogP contribution in [-0.4, -0.2) is 22.5 Å². The summed E-state index contributed by atoms with van der Waals surface area (Å²) in [4.78, 5) is 20.6. The molecule has 3 aromatic rings. The number of hydrogen-bond donors (Lipinski definition) is 2. The molecule has 1 heterocycles. The average Bonchev–Trinajstić information content (AvgIpc) is 2.66. The Bertz CT molecular complexity index is 883. The van der Waals surface area contributed by atoms with Gasteiger partial charge in [-0.25, -0.2) is 9.97 Å². The monoisotopic (exact) mass is 368 g/mol. The van der Waals surface area contributed by atoms with Crippen molar-refractivity contribution in [2.24, 2.45) is 0 Å². The van der Waals surface area contributed by atoms with E-state index < -0.39 is 0 Å². The van der Waals surface area contributed by atoms with E-state index in [0.717, 1.165) is 11.4 Å². The molecule has 132 valence electrons. The smallest absolute Gasteiger partial charge is 0.275 e. The Morgan fingerprint density at radius 1 is 1.08 bits per heavy atom. The maximum absolute atomic E-state index is 12.2. The second-order valence-corrected chi connectivity index (χ2v) is 5.71. The number of anilines is 3. The van der Waals surface area contributed by atoms with Gasteiger partial charge in [0.2, 0.25) is 0 Å². The molecule has 7 heteroatoms. The van der Waals surface area contributed by atoms with Gasteiger partial charge < -0.3 is 15.4 Å². The third-order valence-electron chi connectivity index (χ3n) is 3.44. The van der Waals surface area contributed by atoms with Gasteiger partial charge in [-0.05, 0) is 43.3 Å². The summed E-state index contributed by atoms with van der Waals surface area (Å²) in [6.07, 6.45) is 2.90. The van der Waals surface area contributed by atoms with Crippen molar-refractivity contribution in [1.82, 2.24) is 9.97 Å². The highest BCUT2D eigenvalue weighted by molar-refractivity contribution is 6.33. The molecule has 0 aliphatic rings. The average molecular weight is 369 g/mol. The Hall–Kier alpha value is -3.12. The summed E-state index contributed by atoms with van der Waals surface area (Å²) < 4.78 is 5.40. The quantitative estimate of drug-likeness (QED) is 0.668. The highest BCUT2D eigenvalue weighted by Crippen LogP contribution is 2.21. The highest BCUT2D eigenvalue weighted by Gasteiger charge is 2.10. The summed E-state index contributed by atoms with van der Waals surface area (Å²) >= 11 is 6.03. The Morgan fingerprint density at radius 3 is 2.50 bits per heavy atom. The van der Waals surface area contributed by atoms with Crippen molar-refractivity contribution in [3.63, 3.8) is 0 Å². The zero-order valence-corrected chi connectivity index (χ0v) is 14.8. The lowest BCUT2D eigenvalue weighted by Gasteiger charge is -2.08. The van der Waals surface area contributed by atoms with Gasteiger partial charge in [0.25, 0.3) is 5.91 Å². The van der Waals surface area contributed by atoms with E-state index >= 15 is 0 Å². The Morgan fingerprint density at radius 2 is 1.85 bits per heavy atom. The first-order valence-corrected chi connectivity index (χ1v) is 8.41. The maximum atomic E-state index is 12.2. The molecule has 1 aromatic heterocycles. The molecule has 2 aromatic carbocycles. The number of nitrogens with zero attached hydrogens (tertiary/aromatic N) is 2. The molecule has 2 N–H and O–H groups in total. The van der Waals surface area contributed by atoms with Crippen molar-refractivity contribution in [2.75, 3.05) is 17.2 Å². The summed E-state index contributed by atoms with van der Waals surface area (Å²) in [5.41, 5.74) is 1.57. The summed E-state index contributed by atoms with van der Waals surface area (Å²) in [5, 5.41) is 6.28. The minimum Gasteiger partial charge on any atom is -0.494 e. The van der Waals surface area contributed by atoms with E-state index in [9.17, 15) is 4.79 Å². The number of hydrogen-bond acceptors (Lipinski definition) is 5. The van der Waals surface area contributed by atoms with E-state index in [1.165, 1.54) is 12.4 Å². The third kappa shape index (κ3) is 4.49. The van der Waals surface area contributed by atoms with Crippen LogP contribution in [0.15, 0.2) is 60.9 Å². The summed E-state index contributed by atoms with van der Waals surface area (Å²) in [5.74, 6) is 0.956. The second kappa shape index (κ2) is 8.31. The fourth-order valence-electron chi connectivity index (χ4n) is 2.21. The molecule has 0 aliphatic carbocycles. The third-order valence-corrected chi connectivity index (χ3v) is 3.77. The molecule has 0 spiro atoms. The lowest BCUT2D eigenvalue weighted by atomic mass is 10.3. The predicted octanol–water partition coefficient (Wildman–Crippen LogP) is 4.52. The van der Waals surface area contributed by atoms with Crippen LogP contribution < -0.4 is 15.4 Å². The van der Waals surface area contributed by atoms with Crippen LogP contribution in [0, 0.1) is 0 Å². The van der Waals surface area contributed by atoms with Crippen molar-refractivity contribution in [1.29, 1.82) is 0 Å². The molecular weight excluding hydrogens is 352 g/mol. The Kier molecular flexibility index (Phi) is 5.66. The van der Waals surface area contributed by atoms with Crippen LogP contribution in [0.25, 0.3) is 0 Å². The van der Waals surface area contributed by atoms with Crippen LogP contribution >= 0.6 is 11.6 Å². The van der Waals surface area contributed by atoms with Gasteiger partial charge in [0.1, 0.15) is 17.3 Å². The molecule has 3 rings (SSSR count). The van der Waals surface area contributed by atoms with Gasteiger partial charge in [0.05, 0.1) is 29.7 Å². The number of halogens is 1. The molecule has 0 saturated heterocycles. The fourth-order valence-corrected chi connectivity index (χ4v) is 2.39. The SMILES string of the molecule is CCOc1ccc(Nc2cnc(C(=O)Nc3ccccc3Cl)cn2)cc1. The molecule has 0 atom stereocenters. The number of aromatic nitrogens is 2. The van der Waals surface area contributed by atoms with Crippen molar-refractivity contribution in [3.8, 4) is 5.75 Å². The summed E-state index contributed by atoms with van der Waals surface area (Å²) in [6, 6.07) is 14.5. The summed E-state index contributed by atoms with van der Waals surface area (Å²) in [7, 11) is 0. The van der Waals surface area contributed by atoms with E-state index in [4.69, 9.17) is 16.3 Å². The van der Waals surface area contributed by atoms with Gasteiger partial charge in [-0.2, -0.15) is 0 Å². The molecule has 0 fully saturated rings. The van der Waals surface area contributed by atoms with Gasteiger partial charge in [0.15, 0.2) is 0 Å². The van der Waals surface area contributed by atoms with E-state index in [-0.39, 0.29) is 11.6 Å². The fraction of sp³-hybridized carbons (Fsp3) is 0.105. The molecule has 0 bridgehead atoms. The number of benzene rings is 2. The number of nitrogens with one attached hydrogen (secondary N) is 2. The molecular formula is C19H17ClN4O2. The van der Waals surface area contributed by atoms with Crippen LogP contribution in [-0.2, 0) is 0 Å². The highest BCUT2D eigenvalue weighted by atomic mass is 35.5. The molecule has 0 unspecified atom stereocenters. The van der Waals surface area contributed by atoms with Gasteiger partial charge in [-0.3, -0.25) is 4.79 Å². The van der Waals surface area contributed by atoms with E-state index in [2.05, 4.69) is 20.6 Å². The van der Waals surface area contributed by atoms with E-state index in [1.54, 1.807) is 24.3 Å². The lowest BCUT2D eigenvalue weighted by molar-refractivity contribution is 0.102. The van der Waals surface area contributed by atoms with Crippen molar-refractivity contribution in [2.45, 2.75) is 6.92 Å². The number of carbonyl (C=O) groups excluding carboxylic acids is 1. The topological polar surface area (TPSA) is 76.1 Å². The second-order valence-electron chi connectivity index (χ2n) is 5.30. The minimum atomic E-state index is -0.377. The molecule has 6 nitrogen and oxygen atoms in total.